The van der Waals surface area contributed by atoms with E-state index in [2.05, 4.69) is 20.7 Å². The third-order valence-electron chi connectivity index (χ3n) is 5.24. The lowest BCUT2D eigenvalue weighted by Gasteiger charge is -2.10. The van der Waals surface area contributed by atoms with Crippen LogP contribution in [0.5, 0.6) is 0 Å². The van der Waals surface area contributed by atoms with Gasteiger partial charge in [-0.3, -0.25) is 14.5 Å². The molecule has 7 nitrogen and oxygen atoms in total. The standard InChI is InChI=1S/C23H24FN5O2/c1-12-6-5-7-17(24)21(12)18-9-16-19(10-25-18)27-23(31)22(16)15(4)26-20-8-13(2)29(28-20)11-14(3)30/h5-10,14,30H,11H2,1-4H3,(H,26,28)(H,27,31)/b22-15-. The first-order valence-electron chi connectivity index (χ1n) is 10.0. The van der Waals surface area contributed by atoms with E-state index in [9.17, 15) is 14.3 Å². The Bertz CT molecular complexity index is 1190. The largest absolute Gasteiger partial charge is 0.391 e. The van der Waals surface area contributed by atoms with Gasteiger partial charge >= 0.3 is 0 Å². The number of nitrogens with zero attached hydrogens (tertiary/aromatic N) is 3. The SMILES string of the molecule is C/C(Nc1cc(C)n(CC(C)O)n1)=C1/C(=O)Nc2cnc(-c3c(C)cccc3F)cc21. The van der Waals surface area contributed by atoms with Crippen molar-refractivity contribution in [3.63, 3.8) is 0 Å². The minimum absolute atomic E-state index is 0.260. The monoisotopic (exact) mass is 421 g/mol. The first-order valence-corrected chi connectivity index (χ1v) is 10.0. The summed E-state index contributed by atoms with van der Waals surface area (Å²) in [5.74, 6) is -0.0443. The molecule has 31 heavy (non-hydrogen) atoms. The molecule has 1 amide bonds. The Hall–Kier alpha value is -3.52. The summed E-state index contributed by atoms with van der Waals surface area (Å²) in [4.78, 5) is 17.1. The smallest absolute Gasteiger partial charge is 0.258 e. The number of fused-ring (bicyclic) bond motifs is 1. The number of aliphatic hydroxyl groups excluding tert-OH is 1. The van der Waals surface area contributed by atoms with Crippen LogP contribution in [0.1, 0.15) is 30.7 Å². The molecule has 0 radical (unpaired) electrons. The number of hydrogen-bond donors (Lipinski definition) is 3. The maximum atomic E-state index is 14.5. The van der Waals surface area contributed by atoms with Gasteiger partial charge in [-0.05, 0) is 45.4 Å². The van der Waals surface area contributed by atoms with Crippen LogP contribution in [-0.2, 0) is 11.3 Å². The predicted octanol–water partition coefficient (Wildman–Crippen LogP) is 3.88. The van der Waals surface area contributed by atoms with Gasteiger partial charge in [-0.15, -0.1) is 0 Å². The molecule has 3 heterocycles. The average molecular weight is 421 g/mol. The third kappa shape index (κ3) is 3.94. The summed E-state index contributed by atoms with van der Waals surface area (Å²) in [6.45, 7) is 7.59. The molecule has 1 atom stereocenters. The van der Waals surface area contributed by atoms with Gasteiger partial charge in [-0.1, -0.05) is 12.1 Å². The number of aromatic nitrogens is 3. The minimum Gasteiger partial charge on any atom is -0.391 e. The summed E-state index contributed by atoms with van der Waals surface area (Å²) < 4.78 is 16.2. The number of halogens is 1. The van der Waals surface area contributed by atoms with Gasteiger partial charge in [0.15, 0.2) is 5.82 Å². The number of carbonyl (C=O) groups is 1. The van der Waals surface area contributed by atoms with Crippen LogP contribution in [0.15, 0.2) is 42.2 Å². The topological polar surface area (TPSA) is 92.1 Å². The van der Waals surface area contributed by atoms with Crippen molar-refractivity contribution in [1.82, 2.24) is 14.8 Å². The summed E-state index contributed by atoms with van der Waals surface area (Å²) in [7, 11) is 0. The minimum atomic E-state index is -0.522. The predicted molar refractivity (Wildman–Crippen MR) is 118 cm³/mol. The second-order valence-corrected chi connectivity index (χ2v) is 7.83. The van der Waals surface area contributed by atoms with Crippen molar-refractivity contribution in [2.75, 3.05) is 10.6 Å². The van der Waals surface area contributed by atoms with Crippen molar-refractivity contribution < 1.29 is 14.3 Å². The van der Waals surface area contributed by atoms with Crippen LogP contribution in [0.25, 0.3) is 16.8 Å². The zero-order chi connectivity index (χ0) is 22.3. The molecule has 8 heteroatoms. The highest BCUT2D eigenvalue weighted by Crippen LogP contribution is 2.37. The quantitative estimate of drug-likeness (QED) is 0.544. The number of carbonyl (C=O) groups excluding carboxylic acids is 1. The number of allylic oxidation sites excluding steroid dienone is 1. The van der Waals surface area contributed by atoms with E-state index in [0.717, 1.165) is 11.3 Å². The Kier molecular flexibility index (Phi) is 5.32. The number of aryl methyl sites for hydroxylation is 2. The van der Waals surface area contributed by atoms with Crippen LogP contribution in [0.4, 0.5) is 15.9 Å². The van der Waals surface area contributed by atoms with Gasteiger partial charge in [0.25, 0.3) is 5.91 Å². The molecule has 1 unspecified atom stereocenters. The number of amides is 1. The molecular formula is C23H24FN5O2. The van der Waals surface area contributed by atoms with Crippen molar-refractivity contribution in [2.45, 2.75) is 40.3 Å². The van der Waals surface area contributed by atoms with Gasteiger partial charge in [0.05, 0.1) is 35.8 Å². The Labute approximate surface area is 179 Å². The molecule has 0 bridgehead atoms. The molecule has 2 aromatic heterocycles. The second-order valence-electron chi connectivity index (χ2n) is 7.83. The highest BCUT2D eigenvalue weighted by atomic mass is 19.1. The average Bonchev–Trinajstić information content (AvgIpc) is 3.19. The van der Waals surface area contributed by atoms with Crippen LogP contribution in [0, 0.1) is 19.7 Å². The van der Waals surface area contributed by atoms with Gasteiger partial charge in [0.2, 0.25) is 0 Å². The summed E-state index contributed by atoms with van der Waals surface area (Å²) in [5.41, 5.74) is 4.84. The fourth-order valence-electron chi connectivity index (χ4n) is 3.80. The van der Waals surface area contributed by atoms with Gasteiger partial charge in [0.1, 0.15) is 5.82 Å². The first-order chi connectivity index (χ1) is 14.7. The molecule has 0 spiro atoms. The maximum Gasteiger partial charge on any atom is 0.258 e. The summed E-state index contributed by atoms with van der Waals surface area (Å²) >= 11 is 0. The number of aliphatic hydroxyl groups is 1. The highest BCUT2D eigenvalue weighted by Gasteiger charge is 2.28. The number of rotatable bonds is 5. The van der Waals surface area contributed by atoms with E-state index < -0.39 is 6.10 Å². The molecule has 4 rings (SSSR count). The Balaban J connectivity index is 1.72. The van der Waals surface area contributed by atoms with Crippen molar-refractivity contribution in [2.24, 2.45) is 0 Å². The zero-order valence-corrected chi connectivity index (χ0v) is 17.8. The van der Waals surface area contributed by atoms with Crippen molar-refractivity contribution in [3.05, 3.63) is 64.9 Å². The molecule has 0 saturated carbocycles. The second kappa shape index (κ2) is 7.96. The Morgan fingerprint density at radius 3 is 2.81 bits per heavy atom. The van der Waals surface area contributed by atoms with Gasteiger partial charge in [-0.25, -0.2) is 4.39 Å². The number of hydrogen-bond acceptors (Lipinski definition) is 5. The van der Waals surface area contributed by atoms with Crippen molar-refractivity contribution in [1.29, 1.82) is 0 Å². The summed E-state index contributed by atoms with van der Waals surface area (Å²) in [6, 6.07) is 8.46. The normalized spacial score (nSPS) is 15.5. The molecule has 0 fully saturated rings. The molecule has 1 aliphatic heterocycles. The molecule has 3 N–H and O–H groups in total. The molecule has 160 valence electrons. The van der Waals surface area contributed by atoms with Crippen LogP contribution in [0.2, 0.25) is 0 Å². The van der Waals surface area contributed by atoms with Gasteiger partial charge in [0, 0.05) is 28.6 Å². The van der Waals surface area contributed by atoms with E-state index in [4.69, 9.17) is 0 Å². The maximum absolute atomic E-state index is 14.5. The molecule has 0 saturated heterocycles. The van der Waals surface area contributed by atoms with Crippen molar-refractivity contribution >= 4 is 23.0 Å². The van der Waals surface area contributed by atoms with Crippen LogP contribution < -0.4 is 10.6 Å². The van der Waals surface area contributed by atoms with Crippen LogP contribution in [-0.4, -0.2) is 31.9 Å². The number of benzene rings is 1. The lowest BCUT2D eigenvalue weighted by Crippen LogP contribution is -2.14. The van der Waals surface area contributed by atoms with E-state index >= 15 is 0 Å². The van der Waals surface area contributed by atoms with E-state index in [1.54, 1.807) is 36.9 Å². The van der Waals surface area contributed by atoms with E-state index in [1.807, 2.05) is 26.0 Å². The number of anilines is 2. The molecule has 3 aromatic rings. The zero-order valence-electron chi connectivity index (χ0n) is 17.8. The molecule has 0 aliphatic carbocycles. The number of nitrogens with one attached hydrogen (secondary N) is 2. The van der Waals surface area contributed by atoms with Crippen molar-refractivity contribution in [3.8, 4) is 11.3 Å². The van der Waals surface area contributed by atoms with E-state index in [-0.39, 0.29) is 11.7 Å². The third-order valence-corrected chi connectivity index (χ3v) is 5.24. The first kappa shape index (κ1) is 20.7. The van der Waals surface area contributed by atoms with Crippen LogP contribution >= 0.6 is 0 Å². The lowest BCUT2D eigenvalue weighted by atomic mass is 10.00. The van der Waals surface area contributed by atoms with E-state index in [1.165, 1.54) is 6.07 Å². The fraction of sp³-hybridized carbons (Fsp3) is 0.261. The van der Waals surface area contributed by atoms with Gasteiger partial charge < -0.3 is 15.7 Å². The highest BCUT2D eigenvalue weighted by molar-refractivity contribution is 6.32. The number of pyridine rings is 1. The Morgan fingerprint density at radius 2 is 2.10 bits per heavy atom. The van der Waals surface area contributed by atoms with Crippen LogP contribution in [0.3, 0.4) is 0 Å². The molecular weight excluding hydrogens is 397 g/mol. The fourth-order valence-corrected chi connectivity index (χ4v) is 3.80. The molecule has 1 aliphatic rings. The van der Waals surface area contributed by atoms with Gasteiger partial charge in [-0.2, -0.15) is 5.10 Å². The van der Waals surface area contributed by atoms with E-state index in [0.29, 0.717) is 46.1 Å². The summed E-state index contributed by atoms with van der Waals surface area (Å²) in [6.07, 6.45) is 1.03. The Morgan fingerprint density at radius 1 is 1.32 bits per heavy atom. The lowest BCUT2D eigenvalue weighted by molar-refractivity contribution is -0.110. The summed E-state index contributed by atoms with van der Waals surface area (Å²) in [5, 5.41) is 20.1. The molecule has 1 aromatic carbocycles.